The van der Waals surface area contributed by atoms with Gasteiger partial charge in [0.1, 0.15) is 28.2 Å². The van der Waals surface area contributed by atoms with Crippen molar-refractivity contribution < 1.29 is 43.0 Å². The number of benzene rings is 2. The van der Waals surface area contributed by atoms with Gasteiger partial charge in [-0.05, 0) is 51.5 Å². The molecule has 2 aromatic carbocycles. The number of ether oxygens (including phenoxy) is 2. The molecule has 23 nitrogen and oxygen atoms in total. The molecule has 1 unspecified atom stereocenters. The standard InChI is InChI=1S/C45H56N14O9S.3C2H6/c1-8-55-24-25(3)49-40(55)42(65)53-45-51-30-20-28(39(47)63)22-32(68-18-12-14-54(6)34(60)13-17-56-35(61)23-33(69)43(56)66)37(30)58(45)16-11-10-15-57-36-29(19-27(38(46)62)21-31(36)67-7)50-44(57)52-41(64)26(4)59(9-2)48-5;3*1-2/h10-11,19-22,24,33,48,69H,4,8-9,12-18,23H2,1-3,5-7H3,(H2,46,62)(H2,47,63)(H,50,52,64)(H,51,53,65);3*1-2H3/b11-10+;;;. The van der Waals surface area contributed by atoms with Gasteiger partial charge in [-0.25, -0.2) is 20.4 Å². The Morgan fingerprint density at radius 1 is 0.867 bits per heavy atom. The third-order valence-electron chi connectivity index (χ3n) is 11.3. The first-order chi connectivity index (χ1) is 35.9. The van der Waals surface area contributed by atoms with Crippen molar-refractivity contribution in [2.24, 2.45) is 11.5 Å². The Balaban J connectivity index is 0.00000238. The summed E-state index contributed by atoms with van der Waals surface area (Å²) in [5, 5.41) is 6.54. The quantitative estimate of drug-likeness (QED) is 0.0121. The molecule has 5 aromatic rings. The van der Waals surface area contributed by atoms with E-state index < -0.39 is 34.8 Å². The van der Waals surface area contributed by atoms with Crippen LogP contribution < -0.4 is 37.0 Å². The molecule has 0 spiro atoms. The van der Waals surface area contributed by atoms with Gasteiger partial charge in [0.2, 0.25) is 41.4 Å². The van der Waals surface area contributed by atoms with Crippen molar-refractivity contribution in [1.29, 1.82) is 0 Å². The first-order valence-electron chi connectivity index (χ1n) is 25.0. The maximum atomic E-state index is 13.8. The van der Waals surface area contributed by atoms with Gasteiger partial charge in [0.15, 0.2) is 5.82 Å². The molecule has 408 valence electrons. The number of rotatable bonds is 23. The molecule has 1 aliphatic rings. The molecule has 7 amide bonds. The van der Waals surface area contributed by atoms with Gasteiger partial charge in [0, 0.05) is 83.5 Å². The Hall–Kier alpha value is -7.73. The molecule has 24 heteroatoms. The van der Waals surface area contributed by atoms with E-state index >= 15 is 0 Å². The average Bonchev–Trinajstić information content (AvgIpc) is 4.14. The number of fused-ring (bicyclic) bond motifs is 2. The Morgan fingerprint density at radius 3 is 1.91 bits per heavy atom. The van der Waals surface area contributed by atoms with Crippen LogP contribution in [0.5, 0.6) is 11.5 Å². The number of likely N-dealkylation sites (tertiary alicyclic amines) is 1. The number of hydrogen-bond acceptors (Lipinski definition) is 15. The Labute approximate surface area is 443 Å². The molecule has 6 rings (SSSR count). The van der Waals surface area contributed by atoms with E-state index in [2.05, 4.69) is 45.2 Å². The monoisotopic (exact) mass is 1060 g/mol. The summed E-state index contributed by atoms with van der Waals surface area (Å²) in [5.41, 5.74) is 16.7. The number of allylic oxidation sites excluding steroid dienone is 2. The predicted octanol–water partition coefficient (Wildman–Crippen LogP) is 5.29. The molecular formula is C51H74N14O9S. The summed E-state index contributed by atoms with van der Waals surface area (Å²) in [4.78, 5) is 106. The number of hydrazine groups is 1. The number of likely N-dealkylation sites (N-methyl/N-ethyl adjacent to an activating group) is 1. The van der Waals surface area contributed by atoms with Crippen LogP contribution in [0, 0.1) is 6.92 Å². The third-order valence-corrected chi connectivity index (χ3v) is 11.7. The molecule has 0 aliphatic carbocycles. The second-order valence-electron chi connectivity index (χ2n) is 15.9. The van der Waals surface area contributed by atoms with Crippen LogP contribution in [0.4, 0.5) is 11.9 Å². The molecule has 0 radical (unpaired) electrons. The average molecular weight is 1060 g/mol. The lowest BCUT2D eigenvalue weighted by molar-refractivity contribution is -0.139. The van der Waals surface area contributed by atoms with E-state index in [0.29, 0.717) is 41.8 Å². The van der Waals surface area contributed by atoms with Gasteiger partial charge >= 0.3 is 0 Å². The molecule has 1 aliphatic heterocycles. The van der Waals surface area contributed by atoms with E-state index in [9.17, 15) is 33.6 Å². The lowest BCUT2D eigenvalue weighted by Crippen LogP contribution is -2.38. The van der Waals surface area contributed by atoms with Crippen LogP contribution in [0.1, 0.15) is 112 Å². The van der Waals surface area contributed by atoms with E-state index in [1.54, 1.807) is 58.1 Å². The molecule has 4 heterocycles. The highest BCUT2D eigenvalue weighted by Crippen LogP contribution is 2.33. The van der Waals surface area contributed by atoms with Crippen molar-refractivity contribution in [2.45, 2.75) is 106 Å². The number of primary amides is 2. The second-order valence-corrected chi connectivity index (χ2v) is 16.5. The van der Waals surface area contributed by atoms with Gasteiger partial charge in [0.05, 0.1) is 35.7 Å². The van der Waals surface area contributed by atoms with E-state index in [-0.39, 0.29) is 109 Å². The van der Waals surface area contributed by atoms with Crippen molar-refractivity contribution in [2.75, 3.05) is 58.1 Å². The number of nitrogens with one attached hydrogen (secondary N) is 3. The maximum absolute atomic E-state index is 13.8. The van der Waals surface area contributed by atoms with Gasteiger partial charge in [-0.1, -0.05) is 60.3 Å². The Kier molecular flexibility index (Phi) is 24.0. The largest absolute Gasteiger partial charge is 0.494 e. The number of carbonyl (C=O) groups is 7. The fourth-order valence-corrected chi connectivity index (χ4v) is 8.03. The van der Waals surface area contributed by atoms with Crippen LogP contribution >= 0.6 is 12.6 Å². The van der Waals surface area contributed by atoms with E-state index in [4.69, 9.17) is 25.9 Å². The number of carbonyl (C=O) groups excluding carboxylic acids is 7. The SMILES string of the molecule is C=C(C(=O)Nc1nc2cc(C(N)=O)cc(OC)c2n1C/C=C/Cn1c(NC(=O)c2nc(C)cn2CC)nc2cc(C(N)=O)cc(OCCCN(C)C(=O)CCN3C(=O)CC(S)C3=O)c21)N(CC)NC.CC.CC.CC. The summed E-state index contributed by atoms with van der Waals surface area (Å²) in [5.74, 6) is -2.80. The van der Waals surface area contributed by atoms with Gasteiger partial charge in [-0.3, -0.25) is 49.1 Å². The number of amides is 7. The number of imidazole rings is 3. The number of hydrogen-bond donors (Lipinski definition) is 6. The number of aryl methyl sites for hydroxylation is 2. The molecule has 0 saturated carbocycles. The van der Waals surface area contributed by atoms with Crippen molar-refractivity contribution >= 4 is 87.9 Å². The van der Waals surface area contributed by atoms with Crippen LogP contribution in [0.25, 0.3) is 22.1 Å². The normalized spacial score (nSPS) is 12.8. The summed E-state index contributed by atoms with van der Waals surface area (Å²) in [6, 6.07) is 5.93. The summed E-state index contributed by atoms with van der Waals surface area (Å²) in [7, 11) is 4.68. The molecule has 1 fully saturated rings. The van der Waals surface area contributed by atoms with Crippen LogP contribution in [-0.4, -0.2) is 138 Å². The van der Waals surface area contributed by atoms with Gasteiger partial charge < -0.3 is 44.6 Å². The zero-order valence-corrected chi connectivity index (χ0v) is 46.1. The van der Waals surface area contributed by atoms with Crippen molar-refractivity contribution in [3.05, 3.63) is 77.5 Å². The highest BCUT2D eigenvalue weighted by Gasteiger charge is 2.36. The highest BCUT2D eigenvalue weighted by molar-refractivity contribution is 7.81. The lowest BCUT2D eigenvalue weighted by Gasteiger charge is -2.22. The first-order valence-corrected chi connectivity index (χ1v) is 25.5. The van der Waals surface area contributed by atoms with Crippen LogP contribution in [0.3, 0.4) is 0 Å². The number of nitrogens with zero attached hydrogens (tertiary/aromatic N) is 9. The highest BCUT2D eigenvalue weighted by atomic mass is 32.1. The third kappa shape index (κ3) is 15.0. The van der Waals surface area contributed by atoms with Gasteiger partial charge in [-0.15, -0.1) is 0 Å². The minimum absolute atomic E-state index is 0.00462. The lowest BCUT2D eigenvalue weighted by atomic mass is 10.1. The van der Waals surface area contributed by atoms with Crippen molar-refractivity contribution in [3.8, 4) is 11.5 Å². The predicted molar refractivity (Wildman–Crippen MR) is 293 cm³/mol. The maximum Gasteiger partial charge on any atom is 0.293 e. The summed E-state index contributed by atoms with van der Waals surface area (Å²) in [6.45, 7) is 22.7. The molecule has 1 atom stereocenters. The molecule has 1 saturated heterocycles. The van der Waals surface area contributed by atoms with Gasteiger partial charge in [-0.2, -0.15) is 12.6 Å². The fourth-order valence-electron chi connectivity index (χ4n) is 7.73. The molecule has 75 heavy (non-hydrogen) atoms. The second kappa shape index (κ2) is 29.2. The summed E-state index contributed by atoms with van der Waals surface area (Å²) >= 11 is 4.14. The number of imide groups is 1. The molecule has 0 bridgehead atoms. The fraction of sp³-hybridized carbons (Fsp3) is 0.451. The summed E-state index contributed by atoms with van der Waals surface area (Å²) < 4.78 is 17.0. The Morgan fingerprint density at radius 2 is 1.41 bits per heavy atom. The first kappa shape index (κ1) is 61.6. The van der Waals surface area contributed by atoms with E-state index in [1.807, 2.05) is 55.4 Å². The Bertz CT molecular complexity index is 2880. The smallest absolute Gasteiger partial charge is 0.293 e. The minimum atomic E-state index is -0.752. The number of thiol groups is 1. The minimum Gasteiger partial charge on any atom is -0.494 e. The van der Waals surface area contributed by atoms with Crippen LogP contribution in [0.2, 0.25) is 0 Å². The van der Waals surface area contributed by atoms with Crippen LogP contribution in [0.15, 0.2) is 54.9 Å². The number of anilines is 2. The van der Waals surface area contributed by atoms with Gasteiger partial charge in [0.25, 0.3) is 11.8 Å². The molecule has 7 N–H and O–H groups in total. The molecule has 3 aromatic heterocycles. The number of nitrogens with two attached hydrogens (primary N) is 2. The van der Waals surface area contributed by atoms with E-state index in [1.165, 1.54) is 36.3 Å². The topological polar surface area (TPSA) is 289 Å². The number of aromatic nitrogens is 6. The van der Waals surface area contributed by atoms with Crippen LogP contribution in [-0.2, 0) is 38.8 Å². The number of methoxy groups -OCH3 is 1. The zero-order valence-electron chi connectivity index (χ0n) is 45.2. The zero-order chi connectivity index (χ0) is 56.3. The molecular weight excluding hydrogens is 985 g/mol. The van der Waals surface area contributed by atoms with Crippen molar-refractivity contribution in [1.82, 2.24) is 48.9 Å². The van der Waals surface area contributed by atoms with Crippen molar-refractivity contribution in [3.63, 3.8) is 0 Å². The van der Waals surface area contributed by atoms with E-state index in [0.717, 1.165) is 4.90 Å². The summed E-state index contributed by atoms with van der Waals surface area (Å²) in [6.07, 6.45) is 5.58.